The average Bonchev–Trinajstić information content (AvgIpc) is 1.02. The van der Waals surface area contributed by atoms with E-state index < -0.39 is 0 Å². The van der Waals surface area contributed by atoms with Crippen molar-refractivity contribution in [2.75, 3.05) is 119 Å². The number of benzene rings is 6. The van der Waals surface area contributed by atoms with Crippen LogP contribution in [0.5, 0.6) is 69.0 Å². The first-order valence-corrected chi connectivity index (χ1v) is 33.9. The summed E-state index contributed by atoms with van der Waals surface area (Å²) in [7, 11) is 0. The zero-order valence-corrected chi connectivity index (χ0v) is 67.3. The molecule has 0 amide bonds. The van der Waals surface area contributed by atoms with E-state index in [0.717, 1.165) is 0 Å². The Bertz CT molecular complexity index is 2620. The molecule has 0 saturated carbocycles. The zero-order chi connectivity index (χ0) is 69.3. The van der Waals surface area contributed by atoms with E-state index in [4.69, 9.17) is 127 Å². The van der Waals surface area contributed by atoms with Crippen LogP contribution >= 0.6 is 23.2 Å². The number of nitrogens with zero attached hydrogens (tertiary/aromatic N) is 6. The van der Waals surface area contributed by atoms with Crippen LogP contribution in [-0.2, 0) is 175 Å². The maximum absolute atomic E-state index is 11.7. The molecule has 6 aromatic carbocycles. The number of hydrogen-bond donors (Lipinski definition) is 0. The summed E-state index contributed by atoms with van der Waals surface area (Å²) in [5, 5.41) is 70.5. The van der Waals surface area contributed by atoms with Crippen LogP contribution in [0.3, 0.4) is 0 Å². The summed E-state index contributed by atoms with van der Waals surface area (Å²) in [5.74, 6) is 4.93. The standard InChI is InChI=1S/6C11H15NO2S.CH2Cl2.6Ni/c6*1-2-14-10-5-3-4-9(11(10)13)8-12-6-7-15;2-1-3;;;;;;/h6*3-5,8,13,15H,2,6-7H2,1H3;1H2;;;;;;/q;;;;;;;6*+2/p-12. The van der Waals surface area contributed by atoms with Gasteiger partial charge in [-0.2, -0.15) is 34.5 Å². The van der Waals surface area contributed by atoms with Gasteiger partial charge in [0.15, 0.2) is 0 Å². The summed E-state index contributed by atoms with van der Waals surface area (Å²) in [6, 6.07) is 31.0. The fourth-order valence-electron chi connectivity index (χ4n) is 6.72. The van der Waals surface area contributed by atoms with E-state index in [1.165, 1.54) is 0 Å². The van der Waals surface area contributed by atoms with Crippen molar-refractivity contribution in [3.05, 3.63) is 143 Å². The summed E-state index contributed by atoms with van der Waals surface area (Å²) >= 11 is 38.0. The van der Waals surface area contributed by atoms with Gasteiger partial charge < -0.3 is 135 Å². The third-order valence-corrected chi connectivity index (χ3v) is 11.7. The predicted octanol–water partition coefficient (Wildman–Crippen LogP) is 8.15. The van der Waals surface area contributed by atoms with Gasteiger partial charge in [-0.3, -0.25) is 30.0 Å². The molecule has 0 radical (unpaired) electrons. The zero-order valence-electron chi connectivity index (χ0n) is 55.0. The Kier molecular flexibility index (Phi) is 81.8. The third-order valence-electron chi connectivity index (χ3n) is 10.6. The number of halogens is 2. The third kappa shape index (κ3) is 49.0. The van der Waals surface area contributed by atoms with Crippen LogP contribution in [0.4, 0.5) is 0 Å². The van der Waals surface area contributed by atoms with Crippen LogP contribution in [0, 0.1) is 0 Å². The van der Waals surface area contributed by atoms with Crippen molar-refractivity contribution in [1.29, 1.82) is 0 Å². The van der Waals surface area contributed by atoms with Crippen molar-refractivity contribution in [3.8, 4) is 69.0 Å². The molecule has 0 spiro atoms. The molecule has 0 atom stereocenters. The summed E-state index contributed by atoms with van der Waals surface area (Å²) in [4.78, 5) is 24.2. The molecule has 0 aromatic heterocycles. The summed E-state index contributed by atoms with van der Waals surface area (Å²) in [5.41, 5.74) is 3.27. The molecule has 0 aliphatic rings. The molecule has 6 rings (SSSR count). The number of hydrogen-bond acceptors (Lipinski definition) is 24. The first kappa shape index (κ1) is 109. The number of alkyl halides is 2. The molecule has 0 fully saturated rings. The molecule has 99 heavy (non-hydrogen) atoms. The quantitative estimate of drug-likeness (QED) is 0.0178. The molecule has 0 aliphatic carbocycles. The van der Waals surface area contributed by atoms with Gasteiger partial charge in [-0.25, -0.2) is 0 Å². The largest absolute Gasteiger partial charge is 2.00 e. The van der Waals surface area contributed by atoms with Gasteiger partial charge in [0.25, 0.3) is 0 Å². The van der Waals surface area contributed by atoms with Crippen molar-refractivity contribution in [3.63, 3.8) is 0 Å². The van der Waals surface area contributed by atoms with Gasteiger partial charge in [0, 0.05) is 76.6 Å². The fourth-order valence-corrected chi connectivity index (χ4v) is 7.35. The molecular weight excluding hydrogens is 1700 g/mol. The molecule has 6 aromatic rings. The molecule has 0 saturated heterocycles. The van der Waals surface area contributed by atoms with Crippen LogP contribution in [0.1, 0.15) is 74.9 Å². The summed E-state index contributed by atoms with van der Waals surface area (Å²) in [6.07, 6.45) is 9.32. The minimum Gasteiger partial charge on any atom is -0.870 e. The molecule has 32 heteroatoms. The van der Waals surface area contributed by atoms with Gasteiger partial charge in [-0.1, -0.05) is 107 Å². The second-order valence-corrected chi connectivity index (χ2v) is 20.4. The molecule has 560 valence electrons. The molecule has 0 heterocycles. The first-order valence-electron chi connectivity index (χ1n) is 29.3. The SMILES string of the molecule is CCOc1cccc(C=NCC[S-])c1[O-].CCOc1cccc(C=NCC[S-])c1[O-].CCOc1cccc(C=NCC[S-])c1[O-].CCOc1cccc(C=NCC[S-])c1[O-].CCOc1cccc(C=NCC[S-])c1[O-].CCOc1cccc(C=NCC[S-])c1[O-].ClCCl.[Ni+2].[Ni+2].[Ni+2].[Ni+2].[Ni+2].[Ni+2]. The van der Waals surface area contributed by atoms with E-state index in [2.05, 4.69) is 30.0 Å². The van der Waals surface area contributed by atoms with Gasteiger partial charge in [0.05, 0.1) is 45.0 Å². The van der Waals surface area contributed by atoms with Crippen LogP contribution in [0.25, 0.3) is 0 Å². The Morgan fingerprint density at radius 1 is 0.273 bits per heavy atom. The van der Waals surface area contributed by atoms with Crippen LogP contribution in [-0.4, -0.2) is 156 Å². The van der Waals surface area contributed by atoms with Crippen molar-refractivity contribution in [2.45, 2.75) is 41.5 Å². The van der Waals surface area contributed by atoms with E-state index in [9.17, 15) is 30.6 Å². The number of para-hydroxylation sites is 6. The Morgan fingerprint density at radius 2 is 0.394 bits per heavy atom. The van der Waals surface area contributed by atoms with E-state index in [1.807, 2.05) is 41.5 Å². The number of ether oxygens (including phenoxy) is 6. The van der Waals surface area contributed by atoms with Crippen LogP contribution < -0.4 is 59.1 Å². The average molecular weight is 1780 g/mol. The Hall–Kier alpha value is -3.42. The van der Waals surface area contributed by atoms with Crippen molar-refractivity contribution in [2.24, 2.45) is 30.0 Å². The molecule has 0 unspecified atom stereocenters. The molecule has 18 nitrogen and oxygen atoms in total. The molecule has 0 aliphatic heterocycles. The summed E-state index contributed by atoms with van der Waals surface area (Å²) < 4.78 is 31.1. The van der Waals surface area contributed by atoms with Crippen molar-refractivity contribution in [1.82, 2.24) is 0 Å². The second-order valence-electron chi connectivity index (χ2n) is 17.2. The van der Waals surface area contributed by atoms with Crippen molar-refractivity contribution < 1.29 is 158 Å². The van der Waals surface area contributed by atoms with Gasteiger partial charge >= 0.3 is 98.9 Å². The Balaban J connectivity index is -0.000000201. The Morgan fingerprint density at radius 3 is 0.495 bits per heavy atom. The second kappa shape index (κ2) is 74.3. The van der Waals surface area contributed by atoms with Gasteiger partial charge in [0.1, 0.15) is 34.5 Å². The number of aliphatic imine (C=N–C) groups is 6. The number of rotatable bonds is 30. The van der Waals surface area contributed by atoms with E-state index >= 15 is 0 Å². The van der Waals surface area contributed by atoms with Gasteiger partial charge in [0.2, 0.25) is 0 Å². The van der Waals surface area contributed by atoms with Gasteiger partial charge in [-0.05, 0) is 111 Å². The molecule has 0 N–H and O–H groups in total. The Labute approximate surface area is 689 Å². The van der Waals surface area contributed by atoms with Gasteiger partial charge in [-0.15, -0.1) is 23.2 Å². The maximum atomic E-state index is 11.7. The minimum atomic E-state index is -0.118. The van der Waals surface area contributed by atoms with Crippen LogP contribution in [0.2, 0.25) is 0 Å². The fraction of sp³-hybridized carbons (Fsp3) is 0.373. The smallest absolute Gasteiger partial charge is 0.870 e. The maximum Gasteiger partial charge on any atom is 2.00 e. The monoisotopic (exact) mass is 1770 g/mol. The predicted molar refractivity (Wildman–Crippen MR) is 387 cm³/mol. The van der Waals surface area contributed by atoms with Crippen LogP contribution in [0.15, 0.2) is 139 Å². The summed E-state index contributed by atoms with van der Waals surface area (Å²) in [6.45, 7) is 17.4. The van der Waals surface area contributed by atoms with E-state index in [-0.39, 0.29) is 139 Å². The van der Waals surface area contributed by atoms with E-state index in [1.54, 1.807) is 146 Å². The topological polar surface area (TPSA) is 268 Å². The minimum absolute atomic E-state index is 0. The molecular formula is C67H80Cl2N6Ni6O12S6. The normalized spacial score (nSPS) is 10.0. The van der Waals surface area contributed by atoms with Crippen molar-refractivity contribution >= 4 is 136 Å². The van der Waals surface area contributed by atoms with E-state index in [0.29, 0.717) is 181 Å². The first-order chi connectivity index (χ1) is 45.2. The molecule has 0 bridgehead atoms.